The van der Waals surface area contributed by atoms with Crippen LogP contribution in [0.1, 0.15) is 90.4 Å². The van der Waals surface area contributed by atoms with E-state index in [0.717, 1.165) is 6.54 Å². The highest BCUT2D eigenvalue weighted by atomic mass is 28.3. The fourth-order valence-electron chi connectivity index (χ4n) is 4.01. The molecule has 26 heavy (non-hydrogen) atoms. The summed E-state index contributed by atoms with van der Waals surface area (Å²) < 4.78 is 6.63. The Bertz CT molecular complexity index is 496. The van der Waals surface area contributed by atoms with E-state index < -0.39 is 9.04 Å². The van der Waals surface area contributed by atoms with Gasteiger partial charge in [0.25, 0.3) is 0 Å². The number of hydrogen-bond donors (Lipinski definition) is 1. The molecule has 1 N–H and O–H groups in total. The lowest BCUT2D eigenvalue weighted by atomic mass is 9.84. The highest BCUT2D eigenvalue weighted by Gasteiger charge is 2.29. The van der Waals surface area contributed by atoms with Crippen LogP contribution < -0.4 is 5.32 Å². The van der Waals surface area contributed by atoms with Crippen molar-refractivity contribution < 1.29 is 4.43 Å². The molecule has 0 aliphatic heterocycles. The minimum atomic E-state index is -1.08. The Morgan fingerprint density at radius 2 is 1.58 bits per heavy atom. The molecule has 1 saturated carbocycles. The maximum absolute atomic E-state index is 6.63. The highest BCUT2D eigenvalue weighted by Crippen LogP contribution is 2.37. The van der Waals surface area contributed by atoms with E-state index in [1.807, 2.05) is 0 Å². The molecule has 0 heterocycles. The molecule has 0 spiro atoms. The Balaban J connectivity index is 1.98. The second-order valence-corrected chi connectivity index (χ2v) is 12.3. The number of benzene rings is 1. The van der Waals surface area contributed by atoms with Crippen LogP contribution >= 0.6 is 0 Å². The van der Waals surface area contributed by atoms with Crippen LogP contribution in [0.3, 0.4) is 0 Å². The molecule has 2 nitrogen and oxygen atoms in total. The first-order valence-electron chi connectivity index (χ1n) is 10.9. The molecule has 1 unspecified atom stereocenters. The van der Waals surface area contributed by atoms with Gasteiger partial charge in [-0.15, -0.1) is 0 Å². The van der Waals surface area contributed by atoms with Crippen LogP contribution in [0.5, 0.6) is 0 Å². The fourth-order valence-corrected chi connectivity index (χ4v) is 5.92. The highest BCUT2D eigenvalue weighted by molar-refractivity contribution is 6.51. The maximum Gasteiger partial charge on any atom is 0.177 e. The van der Waals surface area contributed by atoms with Crippen molar-refractivity contribution in [2.45, 2.75) is 104 Å². The quantitative estimate of drug-likeness (QED) is 0.421. The molecule has 1 aliphatic rings. The van der Waals surface area contributed by atoms with Crippen molar-refractivity contribution in [1.29, 1.82) is 0 Å². The van der Waals surface area contributed by atoms with Crippen molar-refractivity contribution >= 4 is 9.04 Å². The normalized spacial score (nSPS) is 18.1. The molecular formula is C23H41NOSi. The summed E-state index contributed by atoms with van der Waals surface area (Å²) in [4.78, 5) is 0. The van der Waals surface area contributed by atoms with Gasteiger partial charge in [0, 0.05) is 12.6 Å². The molecule has 1 aromatic carbocycles. The van der Waals surface area contributed by atoms with Crippen LogP contribution in [0.2, 0.25) is 12.1 Å². The fraction of sp³-hybridized carbons (Fsp3) is 0.739. The third-order valence-corrected chi connectivity index (χ3v) is 8.24. The Kier molecular flexibility index (Phi) is 8.85. The summed E-state index contributed by atoms with van der Waals surface area (Å²) in [5.41, 5.74) is 2.87. The second kappa shape index (κ2) is 10.6. The number of rotatable bonds is 8. The summed E-state index contributed by atoms with van der Waals surface area (Å²) in [6.45, 7) is 12.5. The predicted octanol–water partition coefficient (Wildman–Crippen LogP) is 6.37. The molecule has 0 radical (unpaired) electrons. The van der Waals surface area contributed by atoms with Gasteiger partial charge in [-0.05, 0) is 41.5 Å². The van der Waals surface area contributed by atoms with E-state index in [-0.39, 0.29) is 11.5 Å². The van der Waals surface area contributed by atoms with Crippen LogP contribution in [0.25, 0.3) is 0 Å². The van der Waals surface area contributed by atoms with Crippen molar-refractivity contribution in [3.8, 4) is 0 Å². The molecule has 0 aromatic heterocycles. The van der Waals surface area contributed by atoms with Gasteiger partial charge in [0.15, 0.2) is 9.04 Å². The molecule has 0 bridgehead atoms. The van der Waals surface area contributed by atoms with Crippen molar-refractivity contribution in [3.05, 3.63) is 35.4 Å². The Hall–Kier alpha value is -0.643. The van der Waals surface area contributed by atoms with E-state index >= 15 is 0 Å². The molecule has 0 amide bonds. The lowest BCUT2D eigenvalue weighted by molar-refractivity contribution is 0.0841. The molecule has 1 fully saturated rings. The summed E-state index contributed by atoms with van der Waals surface area (Å²) in [6, 6.07) is 12.3. The summed E-state index contributed by atoms with van der Waals surface area (Å²) in [7, 11) is -1.08. The SMILES string of the molecule is CC[SiH](CC)OC(c1ccc(CNC2CCCCCC2)cc1)C(C)(C)C. The van der Waals surface area contributed by atoms with Gasteiger partial charge >= 0.3 is 0 Å². The van der Waals surface area contributed by atoms with Gasteiger partial charge in [-0.25, -0.2) is 0 Å². The van der Waals surface area contributed by atoms with Crippen LogP contribution in [0.15, 0.2) is 24.3 Å². The third kappa shape index (κ3) is 6.83. The Morgan fingerprint density at radius 1 is 1.00 bits per heavy atom. The molecule has 1 aromatic rings. The first kappa shape index (κ1) is 21.7. The zero-order valence-electron chi connectivity index (χ0n) is 17.8. The van der Waals surface area contributed by atoms with Crippen molar-refractivity contribution in [2.75, 3.05) is 0 Å². The van der Waals surface area contributed by atoms with Crippen molar-refractivity contribution in [2.24, 2.45) is 5.41 Å². The van der Waals surface area contributed by atoms with Crippen molar-refractivity contribution in [1.82, 2.24) is 5.32 Å². The molecule has 1 aliphatic carbocycles. The number of hydrogen-bond acceptors (Lipinski definition) is 2. The van der Waals surface area contributed by atoms with E-state index in [9.17, 15) is 0 Å². The molecule has 0 saturated heterocycles. The van der Waals surface area contributed by atoms with Gasteiger partial charge in [-0.3, -0.25) is 0 Å². The van der Waals surface area contributed by atoms with Crippen LogP contribution in [-0.4, -0.2) is 15.1 Å². The zero-order chi connectivity index (χ0) is 19.0. The van der Waals surface area contributed by atoms with Gasteiger partial charge in [0.2, 0.25) is 0 Å². The summed E-state index contributed by atoms with van der Waals surface area (Å²) in [6.07, 6.45) is 8.52. The van der Waals surface area contributed by atoms with Crippen LogP contribution in [0.4, 0.5) is 0 Å². The lowest BCUT2D eigenvalue weighted by Crippen LogP contribution is -2.29. The first-order chi connectivity index (χ1) is 12.4. The van der Waals surface area contributed by atoms with Gasteiger partial charge < -0.3 is 9.74 Å². The molecular weight excluding hydrogens is 334 g/mol. The van der Waals surface area contributed by atoms with E-state index in [1.54, 1.807) is 0 Å². The predicted molar refractivity (Wildman–Crippen MR) is 116 cm³/mol. The Labute approximate surface area is 163 Å². The summed E-state index contributed by atoms with van der Waals surface area (Å²) >= 11 is 0. The van der Waals surface area contributed by atoms with E-state index in [1.165, 1.54) is 61.7 Å². The topological polar surface area (TPSA) is 21.3 Å². The van der Waals surface area contributed by atoms with Gasteiger partial charge in [0.05, 0.1) is 6.10 Å². The zero-order valence-corrected chi connectivity index (χ0v) is 19.0. The summed E-state index contributed by atoms with van der Waals surface area (Å²) in [5, 5.41) is 3.78. The average molecular weight is 376 g/mol. The average Bonchev–Trinajstić information content (AvgIpc) is 2.89. The monoisotopic (exact) mass is 375 g/mol. The molecule has 148 valence electrons. The third-order valence-electron chi connectivity index (χ3n) is 5.76. The van der Waals surface area contributed by atoms with E-state index in [0.29, 0.717) is 6.04 Å². The maximum atomic E-state index is 6.63. The van der Waals surface area contributed by atoms with Gasteiger partial charge in [-0.1, -0.05) is 84.6 Å². The molecule has 1 atom stereocenters. The minimum absolute atomic E-state index is 0.135. The van der Waals surface area contributed by atoms with Gasteiger partial charge in [-0.2, -0.15) is 0 Å². The van der Waals surface area contributed by atoms with Crippen LogP contribution in [-0.2, 0) is 11.0 Å². The number of nitrogens with one attached hydrogen (secondary N) is 1. The van der Waals surface area contributed by atoms with Crippen molar-refractivity contribution in [3.63, 3.8) is 0 Å². The smallest absolute Gasteiger partial charge is 0.177 e. The van der Waals surface area contributed by atoms with Gasteiger partial charge in [0.1, 0.15) is 0 Å². The molecule has 2 rings (SSSR count). The summed E-state index contributed by atoms with van der Waals surface area (Å²) in [5.74, 6) is 0. The van der Waals surface area contributed by atoms with Crippen LogP contribution in [0, 0.1) is 5.41 Å². The minimum Gasteiger partial charge on any atom is -0.413 e. The van der Waals surface area contributed by atoms with E-state index in [2.05, 4.69) is 64.2 Å². The largest absolute Gasteiger partial charge is 0.413 e. The first-order valence-corrected chi connectivity index (χ1v) is 13.0. The van der Waals surface area contributed by atoms with E-state index in [4.69, 9.17) is 4.43 Å². The Morgan fingerprint density at radius 3 is 2.08 bits per heavy atom. The standard InChI is InChI=1S/C23H41NOSi/c1-6-26(7-2)25-22(23(3,4)5)20-16-14-19(15-17-20)18-24-21-12-10-8-9-11-13-21/h14-17,21-22,24,26H,6-13,18H2,1-5H3. The molecule has 3 heteroatoms. The lowest BCUT2D eigenvalue weighted by Gasteiger charge is -2.34. The second-order valence-electron chi connectivity index (χ2n) is 9.13.